The molecule has 1 aliphatic carbocycles. The molecule has 0 saturated heterocycles. The van der Waals surface area contributed by atoms with E-state index in [-0.39, 0.29) is 35.3 Å². The summed E-state index contributed by atoms with van der Waals surface area (Å²) in [4.78, 5) is 18.5. The van der Waals surface area contributed by atoms with Crippen LogP contribution in [0.5, 0.6) is 0 Å². The fraction of sp³-hybridized carbons (Fsp3) is 0.882. The molecule has 0 aliphatic heterocycles. The normalized spacial score (nSPS) is 16.2. The van der Waals surface area contributed by atoms with Crippen molar-refractivity contribution in [2.45, 2.75) is 32.1 Å². The van der Waals surface area contributed by atoms with E-state index in [2.05, 4.69) is 15.6 Å². The maximum atomic E-state index is 12.6. The van der Waals surface area contributed by atoms with Gasteiger partial charge in [-0.2, -0.15) is 0 Å². The van der Waals surface area contributed by atoms with Crippen LogP contribution in [0.15, 0.2) is 4.99 Å². The van der Waals surface area contributed by atoms with Crippen molar-refractivity contribution in [3.05, 3.63) is 0 Å². The number of ether oxygens (including phenoxy) is 2. The van der Waals surface area contributed by atoms with Gasteiger partial charge in [-0.3, -0.25) is 9.79 Å². The van der Waals surface area contributed by atoms with E-state index in [1.165, 1.54) is 0 Å². The first-order valence-electron chi connectivity index (χ1n) is 8.79. The van der Waals surface area contributed by atoms with Crippen molar-refractivity contribution in [3.8, 4) is 0 Å². The lowest BCUT2D eigenvalue weighted by Gasteiger charge is -2.31. The van der Waals surface area contributed by atoms with Crippen molar-refractivity contribution < 1.29 is 14.3 Å². The second kappa shape index (κ2) is 13.6. The second-order valence-electron chi connectivity index (χ2n) is 6.50. The van der Waals surface area contributed by atoms with Gasteiger partial charge in [-0.15, -0.1) is 24.0 Å². The second-order valence-corrected chi connectivity index (χ2v) is 6.50. The maximum Gasteiger partial charge on any atom is 0.230 e. The Labute approximate surface area is 169 Å². The topological polar surface area (TPSA) is 75.2 Å². The number of aliphatic imine (C=N–C) groups is 1. The molecule has 1 rings (SSSR count). The van der Waals surface area contributed by atoms with Crippen molar-refractivity contribution in [3.63, 3.8) is 0 Å². The molecular formula is C17H35IN4O3. The van der Waals surface area contributed by atoms with Crippen LogP contribution in [-0.4, -0.2) is 77.9 Å². The van der Waals surface area contributed by atoms with Crippen LogP contribution in [0.25, 0.3) is 0 Å². The average molecular weight is 470 g/mol. The third-order valence-electron chi connectivity index (χ3n) is 4.43. The highest BCUT2D eigenvalue weighted by Gasteiger charge is 2.42. The monoisotopic (exact) mass is 470 g/mol. The number of nitrogens with zero attached hydrogens (tertiary/aromatic N) is 2. The Balaban J connectivity index is 0.00000576. The fourth-order valence-electron chi connectivity index (χ4n) is 3.09. The largest absolute Gasteiger partial charge is 0.382 e. The minimum Gasteiger partial charge on any atom is -0.382 e. The molecule has 0 aromatic carbocycles. The summed E-state index contributed by atoms with van der Waals surface area (Å²) in [6.45, 7) is 3.35. The number of amides is 1. The zero-order valence-electron chi connectivity index (χ0n) is 16.1. The molecule has 0 aromatic heterocycles. The number of hydrogen-bond donors (Lipinski definition) is 2. The van der Waals surface area contributed by atoms with Gasteiger partial charge in [-0.25, -0.2) is 0 Å². The van der Waals surface area contributed by atoms with Crippen LogP contribution in [0, 0.1) is 5.41 Å². The van der Waals surface area contributed by atoms with Gasteiger partial charge in [0.1, 0.15) is 0 Å². The zero-order valence-corrected chi connectivity index (χ0v) is 18.4. The van der Waals surface area contributed by atoms with Crippen LogP contribution in [0.3, 0.4) is 0 Å². The Morgan fingerprint density at radius 1 is 1.16 bits per heavy atom. The number of guanidine groups is 1. The van der Waals surface area contributed by atoms with Crippen LogP contribution in [0.2, 0.25) is 0 Å². The molecule has 0 bridgehead atoms. The molecule has 0 aromatic rings. The number of carbonyl (C=O) groups excluding carboxylic acids is 1. The smallest absolute Gasteiger partial charge is 0.230 e. The van der Waals surface area contributed by atoms with E-state index in [4.69, 9.17) is 9.47 Å². The Morgan fingerprint density at radius 2 is 1.84 bits per heavy atom. The number of methoxy groups -OCH3 is 1. The molecule has 0 radical (unpaired) electrons. The van der Waals surface area contributed by atoms with Crippen LogP contribution in [-0.2, 0) is 14.3 Å². The molecule has 0 heterocycles. The van der Waals surface area contributed by atoms with E-state index < -0.39 is 0 Å². The molecule has 0 unspecified atom stereocenters. The van der Waals surface area contributed by atoms with Crippen molar-refractivity contribution in [1.82, 2.24) is 15.5 Å². The lowest BCUT2D eigenvalue weighted by Crippen LogP contribution is -2.49. The van der Waals surface area contributed by atoms with Crippen LogP contribution >= 0.6 is 24.0 Å². The molecule has 1 amide bonds. The number of carbonyl (C=O) groups is 1. The maximum absolute atomic E-state index is 12.6. The molecule has 2 N–H and O–H groups in total. The number of halogens is 1. The Morgan fingerprint density at radius 3 is 2.40 bits per heavy atom. The lowest BCUT2D eigenvalue weighted by atomic mass is 9.84. The zero-order chi connectivity index (χ0) is 17.8. The van der Waals surface area contributed by atoms with E-state index in [0.717, 1.165) is 44.6 Å². The number of nitrogens with one attached hydrogen (secondary N) is 2. The van der Waals surface area contributed by atoms with Gasteiger partial charge >= 0.3 is 0 Å². The van der Waals surface area contributed by atoms with Crippen molar-refractivity contribution in [2.75, 3.05) is 61.2 Å². The highest BCUT2D eigenvalue weighted by atomic mass is 127. The summed E-state index contributed by atoms with van der Waals surface area (Å²) >= 11 is 0. The lowest BCUT2D eigenvalue weighted by molar-refractivity contribution is -0.138. The van der Waals surface area contributed by atoms with E-state index >= 15 is 0 Å². The van der Waals surface area contributed by atoms with E-state index in [9.17, 15) is 4.79 Å². The molecule has 0 spiro atoms. The molecule has 0 atom stereocenters. The molecule has 25 heavy (non-hydrogen) atoms. The summed E-state index contributed by atoms with van der Waals surface area (Å²) in [5, 5.41) is 6.60. The van der Waals surface area contributed by atoms with Gasteiger partial charge in [0, 0.05) is 47.9 Å². The van der Waals surface area contributed by atoms with Gasteiger partial charge in [0.25, 0.3) is 0 Å². The van der Waals surface area contributed by atoms with E-state index in [1.807, 2.05) is 14.1 Å². The molecule has 1 fully saturated rings. The highest BCUT2D eigenvalue weighted by Crippen LogP contribution is 2.38. The van der Waals surface area contributed by atoms with E-state index in [1.54, 1.807) is 19.1 Å². The third-order valence-corrected chi connectivity index (χ3v) is 4.43. The first-order chi connectivity index (χ1) is 11.6. The van der Waals surface area contributed by atoms with Gasteiger partial charge in [0.05, 0.1) is 18.6 Å². The highest BCUT2D eigenvalue weighted by molar-refractivity contribution is 14.0. The standard InChI is InChI=1S/C17H34N4O3.HI/c1-18-16(19-10-7-11-24-13-12-23-4)20-14-17(8-5-6-9-17)15(22)21(2)3;/h5-14H2,1-4H3,(H2,18,19,20);1H. The molecule has 1 aliphatic rings. The number of hydrogen-bond acceptors (Lipinski definition) is 4. The summed E-state index contributed by atoms with van der Waals surface area (Å²) < 4.78 is 10.4. The van der Waals surface area contributed by atoms with Gasteiger partial charge in [-0.05, 0) is 19.3 Å². The SMILES string of the molecule is CN=C(NCCCOCCOC)NCC1(C(=O)N(C)C)CCCC1.I. The van der Waals surface area contributed by atoms with Crippen molar-refractivity contribution >= 4 is 35.8 Å². The van der Waals surface area contributed by atoms with Gasteiger partial charge < -0.3 is 25.0 Å². The first-order valence-corrected chi connectivity index (χ1v) is 8.79. The van der Waals surface area contributed by atoms with Gasteiger partial charge in [0.2, 0.25) is 5.91 Å². The summed E-state index contributed by atoms with van der Waals surface area (Å²) in [5.74, 6) is 0.958. The molecule has 7 nitrogen and oxygen atoms in total. The van der Waals surface area contributed by atoms with Gasteiger partial charge in [-0.1, -0.05) is 12.8 Å². The molecule has 8 heteroatoms. The predicted octanol–water partition coefficient (Wildman–Crippen LogP) is 1.47. The van der Waals surface area contributed by atoms with E-state index in [0.29, 0.717) is 26.4 Å². The summed E-state index contributed by atoms with van der Waals surface area (Å²) in [6.07, 6.45) is 5.02. The quantitative estimate of drug-likeness (QED) is 0.219. The van der Waals surface area contributed by atoms with Crippen LogP contribution in [0.1, 0.15) is 32.1 Å². The fourth-order valence-corrected chi connectivity index (χ4v) is 3.09. The molecule has 148 valence electrons. The minimum atomic E-state index is -0.287. The summed E-state index contributed by atoms with van der Waals surface area (Å²) in [5.41, 5.74) is -0.287. The third kappa shape index (κ3) is 8.54. The van der Waals surface area contributed by atoms with Gasteiger partial charge in [0.15, 0.2) is 5.96 Å². The predicted molar refractivity (Wildman–Crippen MR) is 112 cm³/mol. The Kier molecular flexibility index (Phi) is 13.2. The minimum absolute atomic E-state index is 0. The summed E-state index contributed by atoms with van der Waals surface area (Å²) in [6, 6.07) is 0. The first kappa shape index (κ1) is 24.4. The molecule has 1 saturated carbocycles. The van der Waals surface area contributed by atoms with Crippen LogP contribution in [0.4, 0.5) is 0 Å². The number of rotatable bonds is 10. The summed E-state index contributed by atoms with van der Waals surface area (Å²) in [7, 11) is 7.08. The van der Waals surface area contributed by atoms with Crippen LogP contribution < -0.4 is 10.6 Å². The average Bonchev–Trinajstić information content (AvgIpc) is 3.06. The Hall–Kier alpha value is -0.610. The molecular weight excluding hydrogens is 435 g/mol. The Bertz CT molecular complexity index is 399. The van der Waals surface area contributed by atoms with Crippen molar-refractivity contribution in [1.29, 1.82) is 0 Å². The van der Waals surface area contributed by atoms with Crippen molar-refractivity contribution in [2.24, 2.45) is 10.4 Å².